The van der Waals surface area contributed by atoms with Crippen LogP contribution in [0, 0.1) is 17.1 Å². The van der Waals surface area contributed by atoms with E-state index in [1.807, 2.05) is 24.9 Å². The summed E-state index contributed by atoms with van der Waals surface area (Å²) in [6.45, 7) is 2.51. The Labute approximate surface area is 102 Å². The topological polar surface area (TPSA) is 53.0 Å². The summed E-state index contributed by atoms with van der Waals surface area (Å²) in [4.78, 5) is 1.99. The van der Waals surface area contributed by atoms with Crippen LogP contribution in [-0.4, -0.2) is 24.5 Å². The zero-order chi connectivity index (χ0) is 12.8. The van der Waals surface area contributed by atoms with E-state index in [1.54, 1.807) is 6.07 Å². The van der Waals surface area contributed by atoms with Crippen LogP contribution < -0.4 is 5.73 Å². The van der Waals surface area contributed by atoms with E-state index in [0.29, 0.717) is 13.0 Å². The van der Waals surface area contributed by atoms with Crippen molar-refractivity contribution in [2.24, 2.45) is 5.73 Å². The minimum Gasteiger partial charge on any atom is -0.326 e. The van der Waals surface area contributed by atoms with Crippen molar-refractivity contribution >= 4 is 0 Å². The van der Waals surface area contributed by atoms with Crippen LogP contribution in [-0.2, 0) is 0 Å². The van der Waals surface area contributed by atoms with Gasteiger partial charge in [0.25, 0.3) is 0 Å². The molecule has 0 aliphatic carbocycles. The Hall–Kier alpha value is -1.44. The molecule has 2 unspecified atom stereocenters. The van der Waals surface area contributed by atoms with Crippen molar-refractivity contribution in [2.45, 2.75) is 25.4 Å². The monoisotopic (exact) mass is 235 g/mol. The van der Waals surface area contributed by atoms with Crippen LogP contribution in [0.5, 0.6) is 0 Å². The average Bonchev–Trinajstić information content (AvgIpc) is 2.26. The maximum absolute atomic E-state index is 13.2. The summed E-state index contributed by atoms with van der Waals surface area (Å²) in [5.74, 6) is -0.262. The summed E-state index contributed by atoms with van der Waals surface area (Å²) in [6, 6.07) is 8.35. The zero-order valence-corrected chi connectivity index (χ0v) is 10.2. The standard InChI is InChI=1S/C13H18FN3/c1-10(16)13(17(2)8-4-7-15)11-5-3-6-12(14)9-11/h3,5-6,9-10,13H,4,8,16H2,1-2H3. The van der Waals surface area contributed by atoms with E-state index in [1.165, 1.54) is 12.1 Å². The van der Waals surface area contributed by atoms with Crippen LogP contribution in [0.3, 0.4) is 0 Å². The Morgan fingerprint density at radius 2 is 2.24 bits per heavy atom. The molecule has 2 N–H and O–H groups in total. The molecular formula is C13H18FN3. The maximum atomic E-state index is 13.2. The van der Waals surface area contributed by atoms with Gasteiger partial charge in [-0.3, -0.25) is 4.90 Å². The van der Waals surface area contributed by atoms with Crippen LogP contribution in [0.2, 0.25) is 0 Å². The summed E-state index contributed by atoms with van der Waals surface area (Å²) in [6.07, 6.45) is 0.440. The SMILES string of the molecule is CC(N)C(c1cccc(F)c1)N(C)CCC#N. The molecule has 4 heteroatoms. The molecule has 0 radical (unpaired) electrons. The van der Waals surface area contributed by atoms with Gasteiger partial charge in [-0.05, 0) is 31.7 Å². The second kappa shape index (κ2) is 6.33. The van der Waals surface area contributed by atoms with E-state index >= 15 is 0 Å². The molecule has 0 aliphatic heterocycles. The Morgan fingerprint density at radius 1 is 1.53 bits per heavy atom. The highest BCUT2D eigenvalue weighted by atomic mass is 19.1. The molecule has 3 nitrogen and oxygen atoms in total. The first-order chi connectivity index (χ1) is 8.06. The molecule has 17 heavy (non-hydrogen) atoms. The average molecular weight is 235 g/mol. The van der Waals surface area contributed by atoms with Crippen molar-refractivity contribution in [3.63, 3.8) is 0 Å². The third kappa shape index (κ3) is 3.81. The van der Waals surface area contributed by atoms with Crippen LogP contribution in [0.25, 0.3) is 0 Å². The Bertz CT molecular complexity index is 398. The summed E-state index contributed by atoms with van der Waals surface area (Å²) in [5.41, 5.74) is 6.79. The highest BCUT2D eigenvalue weighted by molar-refractivity contribution is 5.21. The quantitative estimate of drug-likeness (QED) is 0.850. The van der Waals surface area contributed by atoms with Gasteiger partial charge in [-0.25, -0.2) is 4.39 Å². The van der Waals surface area contributed by atoms with E-state index < -0.39 is 0 Å². The van der Waals surface area contributed by atoms with Crippen molar-refractivity contribution in [2.75, 3.05) is 13.6 Å². The molecule has 1 aromatic rings. The van der Waals surface area contributed by atoms with Crippen molar-refractivity contribution in [1.29, 1.82) is 5.26 Å². The lowest BCUT2D eigenvalue weighted by Crippen LogP contribution is -2.37. The van der Waals surface area contributed by atoms with E-state index in [0.717, 1.165) is 5.56 Å². The number of hydrogen-bond acceptors (Lipinski definition) is 3. The Balaban J connectivity index is 2.89. The lowest BCUT2D eigenvalue weighted by molar-refractivity contribution is 0.223. The first-order valence-electron chi connectivity index (χ1n) is 5.64. The first kappa shape index (κ1) is 13.6. The molecule has 2 atom stereocenters. The van der Waals surface area contributed by atoms with E-state index in [4.69, 9.17) is 11.0 Å². The fourth-order valence-corrected chi connectivity index (χ4v) is 2.02. The number of nitrogens with zero attached hydrogens (tertiary/aromatic N) is 2. The highest BCUT2D eigenvalue weighted by Crippen LogP contribution is 2.22. The van der Waals surface area contributed by atoms with E-state index in [9.17, 15) is 4.39 Å². The molecule has 0 aliphatic rings. The lowest BCUT2D eigenvalue weighted by atomic mass is 9.99. The minimum absolute atomic E-state index is 0.0703. The molecule has 0 amide bonds. The normalized spacial score (nSPS) is 14.4. The largest absolute Gasteiger partial charge is 0.326 e. The number of nitrogens with two attached hydrogens (primary N) is 1. The molecular weight excluding hydrogens is 217 g/mol. The van der Waals surface area contributed by atoms with Crippen LogP contribution in [0.4, 0.5) is 4.39 Å². The molecule has 0 aromatic heterocycles. The van der Waals surface area contributed by atoms with Gasteiger partial charge in [0.2, 0.25) is 0 Å². The highest BCUT2D eigenvalue weighted by Gasteiger charge is 2.21. The van der Waals surface area contributed by atoms with Crippen LogP contribution in [0.1, 0.15) is 24.9 Å². The fraction of sp³-hybridized carbons (Fsp3) is 0.462. The molecule has 0 saturated carbocycles. The summed E-state index contributed by atoms with van der Waals surface area (Å²) in [5, 5.41) is 8.58. The van der Waals surface area contributed by atoms with Gasteiger partial charge in [-0.2, -0.15) is 5.26 Å². The predicted molar refractivity (Wildman–Crippen MR) is 65.7 cm³/mol. The van der Waals surface area contributed by atoms with Gasteiger partial charge in [0, 0.05) is 25.0 Å². The lowest BCUT2D eigenvalue weighted by Gasteiger charge is -2.30. The predicted octanol–water partition coefficient (Wildman–Crippen LogP) is 2.06. The van der Waals surface area contributed by atoms with Gasteiger partial charge >= 0.3 is 0 Å². The first-order valence-corrected chi connectivity index (χ1v) is 5.64. The van der Waals surface area contributed by atoms with Gasteiger partial charge < -0.3 is 5.73 Å². The van der Waals surface area contributed by atoms with Crippen LogP contribution >= 0.6 is 0 Å². The second-order valence-electron chi connectivity index (χ2n) is 4.25. The van der Waals surface area contributed by atoms with Gasteiger partial charge in [-0.15, -0.1) is 0 Å². The van der Waals surface area contributed by atoms with Gasteiger partial charge in [0.15, 0.2) is 0 Å². The van der Waals surface area contributed by atoms with Crippen molar-refractivity contribution in [1.82, 2.24) is 4.90 Å². The molecule has 0 fully saturated rings. The molecule has 1 aromatic carbocycles. The smallest absolute Gasteiger partial charge is 0.123 e. The molecule has 1 rings (SSSR count). The van der Waals surface area contributed by atoms with E-state index in [2.05, 4.69) is 6.07 Å². The van der Waals surface area contributed by atoms with Gasteiger partial charge in [-0.1, -0.05) is 12.1 Å². The molecule has 0 saturated heterocycles. The number of nitriles is 1. The Kier molecular flexibility index (Phi) is 5.08. The number of rotatable bonds is 5. The van der Waals surface area contributed by atoms with Crippen molar-refractivity contribution < 1.29 is 4.39 Å². The second-order valence-corrected chi connectivity index (χ2v) is 4.25. The van der Waals surface area contributed by atoms with Crippen molar-refractivity contribution in [3.05, 3.63) is 35.6 Å². The summed E-state index contributed by atoms with van der Waals surface area (Å²) in [7, 11) is 1.90. The Morgan fingerprint density at radius 3 is 2.76 bits per heavy atom. The van der Waals surface area contributed by atoms with Gasteiger partial charge in [0.05, 0.1) is 6.07 Å². The number of benzene rings is 1. The third-order valence-corrected chi connectivity index (χ3v) is 2.74. The summed E-state index contributed by atoms with van der Waals surface area (Å²) < 4.78 is 13.2. The zero-order valence-electron chi connectivity index (χ0n) is 10.2. The molecule has 0 bridgehead atoms. The number of halogens is 1. The molecule has 0 spiro atoms. The van der Waals surface area contributed by atoms with Crippen LogP contribution in [0.15, 0.2) is 24.3 Å². The minimum atomic E-state index is -0.262. The molecule has 0 heterocycles. The van der Waals surface area contributed by atoms with E-state index in [-0.39, 0.29) is 17.9 Å². The summed E-state index contributed by atoms with van der Waals surface area (Å²) >= 11 is 0. The number of likely N-dealkylation sites (N-methyl/N-ethyl adjacent to an activating group) is 1. The maximum Gasteiger partial charge on any atom is 0.123 e. The van der Waals surface area contributed by atoms with Crippen molar-refractivity contribution in [3.8, 4) is 6.07 Å². The number of hydrogen-bond donors (Lipinski definition) is 1. The fourth-order valence-electron chi connectivity index (χ4n) is 2.02. The molecule has 92 valence electrons. The van der Waals surface area contributed by atoms with Gasteiger partial charge in [0.1, 0.15) is 5.82 Å². The third-order valence-electron chi connectivity index (χ3n) is 2.74.